The molecule has 1 heterocycles. The number of unbranched alkanes of at least 4 members (excludes halogenated alkanes) is 3. The Balaban J connectivity index is 1.82. The van der Waals surface area contributed by atoms with Crippen LogP contribution in [0, 0.1) is 12.1 Å². The van der Waals surface area contributed by atoms with Crippen LogP contribution in [0.25, 0.3) is 0 Å². The summed E-state index contributed by atoms with van der Waals surface area (Å²) >= 11 is 0. The lowest BCUT2D eigenvalue weighted by Crippen LogP contribution is -2.09. The molecule has 20 heavy (non-hydrogen) atoms. The van der Waals surface area contributed by atoms with Crippen molar-refractivity contribution >= 4 is 12.4 Å². The van der Waals surface area contributed by atoms with E-state index in [9.17, 15) is 0 Å². The van der Waals surface area contributed by atoms with Crippen LogP contribution in [0.15, 0.2) is 40.3 Å². The molecule has 1 unspecified atom stereocenters. The minimum atomic E-state index is 0.516. The Bertz CT molecular complexity index is 410. The topological polar surface area (TPSA) is 24.7 Å². The molecule has 0 fully saturated rings. The molecule has 0 saturated carbocycles. The number of nitrogens with zero attached hydrogens (tertiary/aromatic N) is 2. The van der Waals surface area contributed by atoms with Gasteiger partial charge in [-0.2, -0.15) is 0 Å². The van der Waals surface area contributed by atoms with Gasteiger partial charge in [0, 0.05) is 0 Å². The second-order valence-corrected chi connectivity index (χ2v) is 5.49. The van der Waals surface area contributed by atoms with E-state index >= 15 is 0 Å². The van der Waals surface area contributed by atoms with Gasteiger partial charge in [0.05, 0.1) is 5.92 Å². The van der Waals surface area contributed by atoms with E-state index in [2.05, 4.69) is 47.2 Å². The van der Waals surface area contributed by atoms with Crippen molar-refractivity contribution in [1.82, 2.24) is 0 Å². The van der Waals surface area contributed by atoms with Crippen molar-refractivity contribution in [1.29, 1.82) is 0 Å². The van der Waals surface area contributed by atoms with Crippen molar-refractivity contribution in [3.8, 4) is 0 Å². The molecule has 1 aromatic carbocycles. The highest BCUT2D eigenvalue weighted by Gasteiger charge is 2.27. The van der Waals surface area contributed by atoms with Crippen LogP contribution in [-0.4, -0.2) is 12.4 Å². The lowest BCUT2D eigenvalue weighted by atomic mass is 9.91. The molecule has 2 nitrogen and oxygen atoms in total. The van der Waals surface area contributed by atoms with Crippen molar-refractivity contribution in [3.05, 3.63) is 42.1 Å². The molecule has 0 aromatic heterocycles. The minimum Gasteiger partial charge on any atom is -0.0965 e. The van der Waals surface area contributed by atoms with Crippen LogP contribution in [0.5, 0.6) is 0 Å². The van der Waals surface area contributed by atoms with Crippen LogP contribution in [-0.2, 0) is 6.42 Å². The normalized spacial score (nSPS) is 14.9. The van der Waals surface area contributed by atoms with Crippen LogP contribution in [0.4, 0.5) is 0 Å². The summed E-state index contributed by atoms with van der Waals surface area (Å²) in [6, 6.07) is 10.7. The molecule has 0 saturated heterocycles. The predicted molar refractivity (Wildman–Crippen MR) is 87.2 cm³/mol. The zero-order valence-electron chi connectivity index (χ0n) is 12.5. The average molecular weight is 269 g/mol. The Labute approximate surface area is 123 Å². The Hall–Kier alpha value is -1.57. The summed E-state index contributed by atoms with van der Waals surface area (Å²) in [7, 11) is 0. The lowest BCUT2D eigenvalue weighted by molar-refractivity contribution is 0.433. The maximum atomic E-state index is 4.42. The van der Waals surface area contributed by atoms with Crippen molar-refractivity contribution in [2.24, 2.45) is 15.9 Å². The zero-order chi connectivity index (χ0) is 14.0. The van der Waals surface area contributed by atoms with Crippen LogP contribution < -0.4 is 0 Å². The van der Waals surface area contributed by atoms with Gasteiger partial charge in [-0.05, 0) is 24.8 Å². The molecule has 0 aliphatic carbocycles. The zero-order valence-corrected chi connectivity index (χ0v) is 12.5. The Morgan fingerprint density at radius 3 is 2.40 bits per heavy atom. The molecule has 1 aromatic rings. The highest BCUT2D eigenvalue weighted by molar-refractivity contribution is 6.18. The van der Waals surface area contributed by atoms with E-state index in [-0.39, 0.29) is 0 Å². The van der Waals surface area contributed by atoms with Gasteiger partial charge < -0.3 is 0 Å². The highest BCUT2D eigenvalue weighted by Crippen LogP contribution is 2.29. The van der Waals surface area contributed by atoms with Crippen molar-refractivity contribution < 1.29 is 0 Å². The second kappa shape index (κ2) is 8.57. The van der Waals surface area contributed by atoms with E-state index in [4.69, 9.17) is 0 Å². The number of hydrogen-bond acceptors (Lipinski definition) is 2. The fourth-order valence-corrected chi connectivity index (χ4v) is 2.67. The first-order valence-electron chi connectivity index (χ1n) is 7.87. The van der Waals surface area contributed by atoms with E-state index in [1.807, 2.05) is 12.4 Å². The van der Waals surface area contributed by atoms with E-state index in [1.54, 1.807) is 0 Å². The SMILES string of the molecule is CCCCCCC(CCc1ccccc1)[C+]1N=CC=N1. The van der Waals surface area contributed by atoms with Gasteiger partial charge in [-0.15, -0.1) is 0 Å². The highest BCUT2D eigenvalue weighted by atomic mass is 15.0. The third-order valence-electron chi connectivity index (χ3n) is 3.88. The van der Waals surface area contributed by atoms with Crippen molar-refractivity contribution in [2.75, 3.05) is 0 Å². The molecule has 0 spiro atoms. The average Bonchev–Trinajstić information content (AvgIpc) is 3.02. The first-order valence-corrected chi connectivity index (χ1v) is 7.87. The van der Waals surface area contributed by atoms with E-state index in [0.717, 1.165) is 19.0 Å². The molecular weight excluding hydrogens is 244 g/mol. The minimum absolute atomic E-state index is 0.516. The maximum absolute atomic E-state index is 4.42. The smallest absolute Gasteiger partial charge is 0.0965 e. The number of aryl methyl sites for hydroxylation is 1. The molecular formula is C18H25N2+. The Morgan fingerprint density at radius 1 is 0.950 bits per heavy atom. The standard InChI is InChI=1S/C18H25N2/c1-2-3-4-8-11-17(18-19-14-15-20-18)13-12-16-9-6-5-7-10-16/h5-7,9-10,14-15,17H,2-4,8,11-13H2,1H3/q+1. The van der Waals surface area contributed by atoms with Crippen LogP contribution in [0.2, 0.25) is 0 Å². The molecule has 1 atom stereocenters. The molecule has 2 rings (SSSR count). The number of hydrogen-bond donors (Lipinski definition) is 0. The van der Waals surface area contributed by atoms with Crippen molar-refractivity contribution in [3.63, 3.8) is 0 Å². The Kier molecular flexibility index (Phi) is 6.36. The van der Waals surface area contributed by atoms with Gasteiger partial charge in [0.1, 0.15) is 0 Å². The molecule has 0 amide bonds. The predicted octanol–water partition coefficient (Wildman–Crippen LogP) is 4.85. The molecule has 0 N–H and O–H groups in total. The van der Waals surface area contributed by atoms with Crippen LogP contribution in [0.1, 0.15) is 51.0 Å². The number of benzene rings is 1. The molecule has 1 aliphatic rings. The van der Waals surface area contributed by atoms with Gasteiger partial charge in [-0.3, -0.25) is 0 Å². The van der Waals surface area contributed by atoms with Gasteiger partial charge in [-0.1, -0.05) is 72.9 Å². The fraction of sp³-hybridized carbons (Fsp3) is 0.500. The van der Waals surface area contributed by atoms with Gasteiger partial charge in [0.15, 0.2) is 12.4 Å². The van der Waals surface area contributed by atoms with Crippen LogP contribution >= 0.6 is 0 Å². The quantitative estimate of drug-likeness (QED) is 0.452. The molecule has 0 radical (unpaired) electrons. The largest absolute Gasteiger partial charge is 0.243 e. The molecule has 0 bridgehead atoms. The van der Waals surface area contributed by atoms with E-state index < -0.39 is 0 Å². The van der Waals surface area contributed by atoms with E-state index in [1.165, 1.54) is 37.7 Å². The van der Waals surface area contributed by atoms with Gasteiger partial charge >= 0.3 is 0 Å². The first kappa shape index (κ1) is 14.8. The lowest BCUT2D eigenvalue weighted by Gasteiger charge is -2.14. The summed E-state index contributed by atoms with van der Waals surface area (Å²) in [6.45, 7) is 2.26. The first-order chi connectivity index (χ1) is 9.90. The third-order valence-corrected chi connectivity index (χ3v) is 3.88. The Morgan fingerprint density at radius 2 is 1.70 bits per heavy atom. The van der Waals surface area contributed by atoms with Gasteiger partial charge in [0.25, 0.3) is 0 Å². The van der Waals surface area contributed by atoms with Crippen LogP contribution in [0.3, 0.4) is 0 Å². The van der Waals surface area contributed by atoms with E-state index in [0.29, 0.717) is 5.92 Å². The molecule has 1 aliphatic heterocycles. The van der Waals surface area contributed by atoms with Gasteiger partial charge in [0.2, 0.25) is 6.17 Å². The fourth-order valence-electron chi connectivity index (χ4n) is 2.67. The number of aliphatic imine (C=N–C) groups is 2. The monoisotopic (exact) mass is 269 g/mol. The summed E-state index contributed by atoms with van der Waals surface area (Å²) in [4.78, 5) is 8.83. The molecule has 106 valence electrons. The summed E-state index contributed by atoms with van der Waals surface area (Å²) in [6.07, 6.45) is 13.4. The second-order valence-electron chi connectivity index (χ2n) is 5.49. The molecule has 2 heteroatoms. The summed E-state index contributed by atoms with van der Waals surface area (Å²) in [5.41, 5.74) is 1.41. The summed E-state index contributed by atoms with van der Waals surface area (Å²) < 4.78 is 0. The third kappa shape index (κ3) is 4.84. The summed E-state index contributed by atoms with van der Waals surface area (Å²) in [5.74, 6) is 0.516. The van der Waals surface area contributed by atoms with Crippen molar-refractivity contribution in [2.45, 2.75) is 51.9 Å². The maximum Gasteiger partial charge on any atom is 0.243 e. The number of rotatable bonds is 9. The summed E-state index contributed by atoms with van der Waals surface area (Å²) in [5, 5.41) is 0. The van der Waals surface area contributed by atoms with Gasteiger partial charge in [-0.25, -0.2) is 0 Å².